The molecule has 0 aliphatic rings. The Morgan fingerprint density at radius 1 is 1.25 bits per heavy atom. The number of nitrogens with zero attached hydrogens (tertiary/aromatic N) is 2. The molecular weight excluding hydrogens is 320 g/mol. The molecule has 0 spiro atoms. The van der Waals surface area contributed by atoms with Gasteiger partial charge in [-0.15, -0.1) is 11.3 Å². The van der Waals surface area contributed by atoms with Gasteiger partial charge in [-0.3, -0.25) is 0 Å². The summed E-state index contributed by atoms with van der Waals surface area (Å²) in [6.45, 7) is 6.93. The second-order valence-electron chi connectivity index (χ2n) is 6.01. The molecule has 5 heteroatoms. The highest BCUT2D eigenvalue weighted by atomic mass is 32.1. The Labute approximate surface area is 146 Å². The number of hydrogen-bond acceptors (Lipinski definition) is 4. The van der Waals surface area contributed by atoms with Crippen molar-refractivity contribution < 1.29 is 9.15 Å². The van der Waals surface area contributed by atoms with E-state index in [9.17, 15) is 0 Å². The number of benzene rings is 1. The molecule has 1 aromatic carbocycles. The summed E-state index contributed by atoms with van der Waals surface area (Å²) < 4.78 is 13.1. The lowest BCUT2D eigenvalue weighted by Crippen LogP contribution is -2.22. The molecule has 1 unspecified atom stereocenters. The molecule has 0 saturated heterocycles. The Balaban J connectivity index is 2.15. The van der Waals surface area contributed by atoms with Crippen molar-refractivity contribution in [2.45, 2.75) is 26.8 Å². The lowest BCUT2D eigenvalue weighted by atomic mass is 10.1. The zero-order valence-corrected chi connectivity index (χ0v) is 15.3. The van der Waals surface area contributed by atoms with Crippen LogP contribution in [-0.4, -0.2) is 18.3 Å². The van der Waals surface area contributed by atoms with Crippen molar-refractivity contribution in [2.75, 3.05) is 13.7 Å². The van der Waals surface area contributed by atoms with E-state index in [1.165, 1.54) is 11.1 Å². The Morgan fingerprint density at radius 3 is 2.62 bits per heavy atom. The monoisotopic (exact) mass is 342 g/mol. The summed E-state index contributed by atoms with van der Waals surface area (Å²) >= 11 is 1.62. The van der Waals surface area contributed by atoms with Gasteiger partial charge in [0.25, 0.3) is 0 Å². The molecule has 126 valence electrons. The van der Waals surface area contributed by atoms with Crippen molar-refractivity contribution in [1.82, 2.24) is 4.57 Å². The smallest absolute Gasteiger partial charge is 0.190 e. The van der Waals surface area contributed by atoms with Gasteiger partial charge in [-0.05, 0) is 56.2 Å². The summed E-state index contributed by atoms with van der Waals surface area (Å²) in [6, 6.07) is 10.4. The first-order chi connectivity index (χ1) is 11.6. The van der Waals surface area contributed by atoms with Gasteiger partial charge in [0.15, 0.2) is 10.6 Å². The molecule has 0 amide bonds. The van der Waals surface area contributed by atoms with E-state index in [4.69, 9.17) is 14.1 Å². The molecule has 0 aliphatic heterocycles. The molecule has 0 saturated carbocycles. The minimum atomic E-state index is 0.158. The molecule has 2 heterocycles. The third kappa shape index (κ3) is 3.52. The number of aromatic nitrogens is 1. The van der Waals surface area contributed by atoms with E-state index in [2.05, 4.69) is 48.9 Å². The fourth-order valence-corrected chi connectivity index (χ4v) is 3.87. The zero-order valence-electron chi connectivity index (χ0n) is 14.4. The minimum absolute atomic E-state index is 0.158. The Bertz CT molecular complexity index is 855. The van der Waals surface area contributed by atoms with Crippen molar-refractivity contribution in [3.05, 3.63) is 57.9 Å². The zero-order chi connectivity index (χ0) is 17.1. The van der Waals surface area contributed by atoms with Crippen LogP contribution in [0.5, 0.6) is 0 Å². The average molecular weight is 342 g/mol. The molecule has 0 radical (unpaired) electrons. The topological polar surface area (TPSA) is 39.7 Å². The van der Waals surface area contributed by atoms with Gasteiger partial charge >= 0.3 is 0 Å². The largest absolute Gasteiger partial charge is 0.463 e. The molecule has 24 heavy (non-hydrogen) atoms. The first-order valence-electron chi connectivity index (χ1n) is 7.94. The SMILES string of the molecule is COCC(C)n1c(-c2ccco2)csc1=Nc1cc(C)cc(C)c1. The maximum atomic E-state index is 5.59. The van der Waals surface area contributed by atoms with Crippen LogP contribution in [0.15, 0.2) is 51.4 Å². The normalized spacial score (nSPS) is 13.4. The molecule has 0 N–H and O–H groups in total. The van der Waals surface area contributed by atoms with Crippen LogP contribution in [0.4, 0.5) is 5.69 Å². The lowest BCUT2D eigenvalue weighted by Gasteiger charge is -2.15. The maximum Gasteiger partial charge on any atom is 0.190 e. The Hall–Kier alpha value is -2.11. The van der Waals surface area contributed by atoms with Gasteiger partial charge in [-0.1, -0.05) is 6.07 Å². The first kappa shape index (κ1) is 16.7. The van der Waals surface area contributed by atoms with E-state index in [1.54, 1.807) is 24.7 Å². The number of aryl methyl sites for hydroxylation is 2. The molecule has 0 fully saturated rings. The van der Waals surface area contributed by atoms with Gasteiger partial charge in [-0.2, -0.15) is 0 Å². The minimum Gasteiger partial charge on any atom is -0.463 e. The van der Waals surface area contributed by atoms with Crippen LogP contribution in [0.1, 0.15) is 24.1 Å². The summed E-state index contributed by atoms with van der Waals surface area (Å²) in [5, 5.41) is 2.09. The summed E-state index contributed by atoms with van der Waals surface area (Å²) in [6.07, 6.45) is 1.69. The van der Waals surface area contributed by atoms with Crippen LogP contribution in [0.2, 0.25) is 0 Å². The van der Waals surface area contributed by atoms with Crippen molar-refractivity contribution in [1.29, 1.82) is 0 Å². The number of methoxy groups -OCH3 is 1. The number of ether oxygens (including phenoxy) is 1. The van der Waals surface area contributed by atoms with E-state index < -0.39 is 0 Å². The van der Waals surface area contributed by atoms with Gasteiger partial charge in [0.1, 0.15) is 0 Å². The van der Waals surface area contributed by atoms with Crippen LogP contribution in [-0.2, 0) is 4.74 Å². The van der Waals surface area contributed by atoms with E-state index in [-0.39, 0.29) is 6.04 Å². The highest BCUT2D eigenvalue weighted by Gasteiger charge is 2.15. The first-order valence-corrected chi connectivity index (χ1v) is 8.82. The van der Waals surface area contributed by atoms with Crippen LogP contribution in [0, 0.1) is 13.8 Å². The number of thiazole rings is 1. The quantitative estimate of drug-likeness (QED) is 0.664. The molecular formula is C19H22N2O2S. The predicted molar refractivity (Wildman–Crippen MR) is 97.7 cm³/mol. The van der Waals surface area contributed by atoms with E-state index >= 15 is 0 Å². The van der Waals surface area contributed by atoms with Gasteiger partial charge in [0.2, 0.25) is 0 Å². The van der Waals surface area contributed by atoms with Gasteiger partial charge in [0, 0.05) is 12.5 Å². The second-order valence-corrected chi connectivity index (χ2v) is 6.85. The molecule has 3 rings (SSSR count). The van der Waals surface area contributed by atoms with Gasteiger partial charge in [-0.25, -0.2) is 4.99 Å². The average Bonchev–Trinajstić information content (AvgIpc) is 3.15. The Kier molecular flexibility index (Phi) is 5.02. The molecule has 0 bridgehead atoms. The van der Waals surface area contributed by atoms with Crippen LogP contribution in [0.25, 0.3) is 11.5 Å². The molecule has 1 atom stereocenters. The van der Waals surface area contributed by atoms with Crippen molar-refractivity contribution >= 4 is 17.0 Å². The van der Waals surface area contributed by atoms with Gasteiger partial charge < -0.3 is 13.7 Å². The van der Waals surface area contributed by atoms with Crippen molar-refractivity contribution in [3.8, 4) is 11.5 Å². The summed E-state index contributed by atoms with van der Waals surface area (Å²) in [4.78, 5) is 5.82. The number of furan rings is 1. The Morgan fingerprint density at radius 2 is 2.00 bits per heavy atom. The third-order valence-electron chi connectivity index (χ3n) is 3.80. The van der Waals surface area contributed by atoms with Crippen molar-refractivity contribution in [3.63, 3.8) is 0 Å². The van der Waals surface area contributed by atoms with E-state index in [0.29, 0.717) is 6.61 Å². The molecule has 0 aliphatic carbocycles. The summed E-state index contributed by atoms with van der Waals surface area (Å²) in [5.74, 6) is 0.844. The van der Waals surface area contributed by atoms with E-state index in [0.717, 1.165) is 21.9 Å². The number of rotatable bonds is 5. The highest BCUT2D eigenvalue weighted by molar-refractivity contribution is 7.07. The van der Waals surface area contributed by atoms with Crippen LogP contribution < -0.4 is 4.80 Å². The fraction of sp³-hybridized carbons (Fsp3) is 0.316. The summed E-state index contributed by atoms with van der Waals surface area (Å²) in [5.41, 5.74) is 4.43. The van der Waals surface area contributed by atoms with Crippen LogP contribution in [0.3, 0.4) is 0 Å². The third-order valence-corrected chi connectivity index (χ3v) is 4.63. The highest BCUT2D eigenvalue weighted by Crippen LogP contribution is 2.25. The second kappa shape index (κ2) is 7.20. The maximum absolute atomic E-state index is 5.59. The number of hydrogen-bond donors (Lipinski definition) is 0. The standard InChI is InChI=1S/C19H22N2O2S/c1-13-8-14(2)10-16(9-13)20-19-21(15(3)11-22-4)17(12-24-19)18-6-5-7-23-18/h5-10,12,15H,11H2,1-4H3. The van der Waals surface area contributed by atoms with Gasteiger partial charge in [0.05, 0.1) is 30.3 Å². The van der Waals surface area contributed by atoms with E-state index in [1.807, 2.05) is 12.1 Å². The lowest BCUT2D eigenvalue weighted by molar-refractivity contribution is 0.161. The fourth-order valence-electron chi connectivity index (χ4n) is 2.87. The summed E-state index contributed by atoms with van der Waals surface area (Å²) in [7, 11) is 1.72. The molecule has 2 aromatic heterocycles. The molecule has 3 aromatic rings. The predicted octanol–water partition coefficient (Wildman–Crippen LogP) is 4.87. The van der Waals surface area contributed by atoms with Crippen LogP contribution >= 0.6 is 11.3 Å². The van der Waals surface area contributed by atoms with Crippen molar-refractivity contribution in [2.24, 2.45) is 4.99 Å². The molecule has 4 nitrogen and oxygen atoms in total.